The van der Waals surface area contributed by atoms with Gasteiger partial charge in [0.05, 0.1) is 31.3 Å². The first kappa shape index (κ1) is 16.2. The zero-order valence-corrected chi connectivity index (χ0v) is 14.0. The standard InChI is InChI=1S/C18H17N5O3/c24-17(15-10-16(26-22-15)13-4-2-1-3-5-13)21-14-11-19-18(20-12-14)23-6-8-25-9-7-23/h1-5,10-12H,6-9H2,(H,21,24). The van der Waals surface area contributed by atoms with E-state index >= 15 is 0 Å². The summed E-state index contributed by atoms with van der Waals surface area (Å²) in [6.45, 7) is 2.84. The van der Waals surface area contributed by atoms with E-state index in [2.05, 4.69) is 20.4 Å². The third-order valence-electron chi connectivity index (χ3n) is 3.99. The molecule has 0 spiro atoms. The van der Waals surface area contributed by atoms with Crippen molar-refractivity contribution in [2.75, 3.05) is 36.5 Å². The minimum absolute atomic E-state index is 0.195. The second-order valence-corrected chi connectivity index (χ2v) is 5.77. The van der Waals surface area contributed by atoms with Crippen molar-refractivity contribution in [2.24, 2.45) is 0 Å². The number of nitrogens with one attached hydrogen (secondary N) is 1. The Morgan fingerprint density at radius 3 is 2.54 bits per heavy atom. The summed E-state index contributed by atoms with van der Waals surface area (Å²) in [7, 11) is 0. The smallest absolute Gasteiger partial charge is 0.277 e. The van der Waals surface area contributed by atoms with Gasteiger partial charge in [0.15, 0.2) is 11.5 Å². The number of nitrogens with zero attached hydrogens (tertiary/aromatic N) is 4. The molecular formula is C18H17N5O3. The predicted molar refractivity (Wildman–Crippen MR) is 95.0 cm³/mol. The lowest BCUT2D eigenvalue weighted by atomic mass is 10.1. The second kappa shape index (κ2) is 7.32. The van der Waals surface area contributed by atoms with Gasteiger partial charge in [-0.3, -0.25) is 4.79 Å². The first-order valence-corrected chi connectivity index (χ1v) is 8.28. The largest absolute Gasteiger partial charge is 0.378 e. The van der Waals surface area contributed by atoms with Crippen molar-refractivity contribution in [2.45, 2.75) is 0 Å². The monoisotopic (exact) mass is 351 g/mol. The zero-order chi connectivity index (χ0) is 17.8. The molecule has 0 bridgehead atoms. The van der Waals surface area contributed by atoms with Gasteiger partial charge >= 0.3 is 0 Å². The van der Waals surface area contributed by atoms with Crippen molar-refractivity contribution in [1.29, 1.82) is 0 Å². The number of anilines is 2. The average Bonchev–Trinajstić information content (AvgIpc) is 3.20. The van der Waals surface area contributed by atoms with E-state index in [0.717, 1.165) is 18.7 Å². The van der Waals surface area contributed by atoms with Crippen LogP contribution in [0, 0.1) is 0 Å². The summed E-state index contributed by atoms with van der Waals surface area (Å²) < 4.78 is 10.6. The summed E-state index contributed by atoms with van der Waals surface area (Å²) in [6.07, 6.45) is 3.15. The van der Waals surface area contributed by atoms with Crippen LogP contribution in [0.5, 0.6) is 0 Å². The molecule has 1 amide bonds. The number of carbonyl (C=O) groups is 1. The number of hydrogen-bond donors (Lipinski definition) is 1. The average molecular weight is 351 g/mol. The number of aromatic nitrogens is 3. The molecule has 8 heteroatoms. The summed E-state index contributed by atoms with van der Waals surface area (Å²) >= 11 is 0. The maximum atomic E-state index is 12.3. The highest BCUT2D eigenvalue weighted by Gasteiger charge is 2.16. The highest BCUT2D eigenvalue weighted by molar-refractivity contribution is 6.03. The van der Waals surface area contributed by atoms with Crippen molar-refractivity contribution in [3.8, 4) is 11.3 Å². The second-order valence-electron chi connectivity index (χ2n) is 5.77. The highest BCUT2D eigenvalue weighted by Crippen LogP contribution is 2.20. The summed E-state index contributed by atoms with van der Waals surface area (Å²) in [5.74, 6) is 0.785. The van der Waals surface area contributed by atoms with Crippen LogP contribution in [0.2, 0.25) is 0 Å². The molecular weight excluding hydrogens is 334 g/mol. The molecule has 1 saturated heterocycles. The first-order valence-electron chi connectivity index (χ1n) is 8.28. The lowest BCUT2D eigenvalue weighted by molar-refractivity contribution is 0.101. The van der Waals surface area contributed by atoms with Crippen LogP contribution in [0.3, 0.4) is 0 Å². The number of carbonyl (C=O) groups excluding carboxylic acids is 1. The third kappa shape index (κ3) is 3.55. The minimum Gasteiger partial charge on any atom is -0.378 e. The molecule has 8 nitrogen and oxygen atoms in total. The lowest BCUT2D eigenvalue weighted by Crippen LogP contribution is -2.37. The van der Waals surface area contributed by atoms with Crippen LogP contribution in [0.4, 0.5) is 11.6 Å². The maximum absolute atomic E-state index is 12.3. The topological polar surface area (TPSA) is 93.4 Å². The van der Waals surface area contributed by atoms with Gasteiger partial charge in [-0.25, -0.2) is 9.97 Å². The van der Waals surface area contributed by atoms with Gasteiger partial charge in [-0.15, -0.1) is 0 Å². The number of benzene rings is 1. The molecule has 1 aromatic carbocycles. The van der Waals surface area contributed by atoms with Crippen molar-refractivity contribution in [3.63, 3.8) is 0 Å². The van der Waals surface area contributed by atoms with Gasteiger partial charge < -0.3 is 19.5 Å². The molecule has 1 aliphatic heterocycles. The van der Waals surface area contributed by atoms with Gasteiger partial charge in [-0.05, 0) is 0 Å². The Kier molecular flexibility index (Phi) is 4.57. The predicted octanol–water partition coefficient (Wildman–Crippen LogP) is 2.22. The Morgan fingerprint density at radius 2 is 1.81 bits per heavy atom. The SMILES string of the molecule is O=C(Nc1cnc(N2CCOCC2)nc1)c1cc(-c2ccccc2)on1. The molecule has 0 aliphatic carbocycles. The number of amides is 1. The zero-order valence-electron chi connectivity index (χ0n) is 14.0. The van der Waals surface area contributed by atoms with E-state index in [1.54, 1.807) is 18.5 Å². The summed E-state index contributed by atoms with van der Waals surface area (Å²) in [5.41, 5.74) is 1.55. The fraction of sp³-hybridized carbons (Fsp3) is 0.222. The van der Waals surface area contributed by atoms with Gasteiger partial charge in [0, 0.05) is 24.7 Å². The Hall–Kier alpha value is -3.26. The summed E-state index contributed by atoms with van der Waals surface area (Å²) in [4.78, 5) is 23.0. The van der Waals surface area contributed by atoms with E-state index in [-0.39, 0.29) is 11.6 Å². The maximum Gasteiger partial charge on any atom is 0.277 e. The molecule has 26 heavy (non-hydrogen) atoms. The molecule has 0 atom stereocenters. The summed E-state index contributed by atoms with van der Waals surface area (Å²) in [6, 6.07) is 11.1. The lowest BCUT2D eigenvalue weighted by Gasteiger charge is -2.26. The van der Waals surface area contributed by atoms with E-state index in [1.807, 2.05) is 35.2 Å². The number of morpholine rings is 1. The molecule has 1 N–H and O–H groups in total. The Balaban J connectivity index is 1.42. The van der Waals surface area contributed by atoms with Crippen LogP contribution in [-0.4, -0.2) is 47.3 Å². The fourth-order valence-corrected chi connectivity index (χ4v) is 2.63. The molecule has 1 aliphatic rings. The number of hydrogen-bond acceptors (Lipinski definition) is 7. The van der Waals surface area contributed by atoms with Gasteiger partial charge in [0.25, 0.3) is 5.91 Å². The van der Waals surface area contributed by atoms with E-state index in [1.165, 1.54) is 0 Å². The minimum atomic E-state index is -0.376. The van der Waals surface area contributed by atoms with Gasteiger partial charge in [-0.1, -0.05) is 35.5 Å². The van der Waals surface area contributed by atoms with Crippen LogP contribution < -0.4 is 10.2 Å². The molecule has 1 fully saturated rings. The van der Waals surface area contributed by atoms with E-state index in [4.69, 9.17) is 9.26 Å². The molecule has 4 rings (SSSR count). The molecule has 0 radical (unpaired) electrons. The fourth-order valence-electron chi connectivity index (χ4n) is 2.63. The van der Waals surface area contributed by atoms with Gasteiger partial charge in [0.2, 0.25) is 5.95 Å². The Labute approximate surface area is 149 Å². The Morgan fingerprint density at radius 1 is 1.08 bits per heavy atom. The van der Waals surface area contributed by atoms with Crippen molar-refractivity contribution in [3.05, 3.63) is 54.5 Å². The van der Waals surface area contributed by atoms with Crippen LogP contribution in [0.1, 0.15) is 10.5 Å². The van der Waals surface area contributed by atoms with Crippen LogP contribution in [-0.2, 0) is 4.74 Å². The molecule has 3 heterocycles. The number of rotatable bonds is 4. The van der Waals surface area contributed by atoms with E-state index < -0.39 is 0 Å². The summed E-state index contributed by atoms with van der Waals surface area (Å²) in [5, 5.41) is 6.55. The van der Waals surface area contributed by atoms with Gasteiger partial charge in [-0.2, -0.15) is 0 Å². The van der Waals surface area contributed by atoms with Crippen LogP contribution in [0.15, 0.2) is 53.3 Å². The van der Waals surface area contributed by atoms with Crippen molar-refractivity contribution in [1.82, 2.24) is 15.1 Å². The molecule has 0 saturated carbocycles. The van der Waals surface area contributed by atoms with Crippen LogP contribution >= 0.6 is 0 Å². The first-order chi connectivity index (χ1) is 12.8. The molecule has 132 valence electrons. The van der Waals surface area contributed by atoms with E-state index in [0.29, 0.717) is 30.6 Å². The normalized spacial score (nSPS) is 14.2. The van der Waals surface area contributed by atoms with Gasteiger partial charge in [0.1, 0.15) is 0 Å². The number of ether oxygens (including phenoxy) is 1. The highest BCUT2D eigenvalue weighted by atomic mass is 16.5. The van der Waals surface area contributed by atoms with E-state index in [9.17, 15) is 4.79 Å². The van der Waals surface area contributed by atoms with Crippen molar-refractivity contribution >= 4 is 17.5 Å². The Bertz CT molecular complexity index is 873. The molecule has 0 unspecified atom stereocenters. The molecule has 3 aromatic rings. The van der Waals surface area contributed by atoms with Crippen LogP contribution in [0.25, 0.3) is 11.3 Å². The molecule has 2 aromatic heterocycles. The quantitative estimate of drug-likeness (QED) is 0.770. The van der Waals surface area contributed by atoms with Crippen molar-refractivity contribution < 1.29 is 14.1 Å². The third-order valence-corrected chi connectivity index (χ3v) is 3.99.